The minimum Gasteiger partial charge on any atom is -0.345 e. The van der Waals surface area contributed by atoms with Crippen LogP contribution in [0.25, 0.3) is 16.8 Å². The Kier molecular flexibility index (Phi) is 15.9. The number of benzene rings is 3. The van der Waals surface area contributed by atoms with Gasteiger partial charge in [0.25, 0.3) is 0 Å². The van der Waals surface area contributed by atoms with Crippen molar-refractivity contribution in [2.24, 2.45) is 11.8 Å². The van der Waals surface area contributed by atoms with E-state index in [4.69, 9.17) is 11.6 Å². The highest BCUT2D eigenvalue weighted by Crippen LogP contribution is 2.48. The Bertz CT molecular complexity index is 1910. The Morgan fingerprint density at radius 1 is 0.891 bits per heavy atom. The largest absolute Gasteiger partial charge is 0.345 e. The van der Waals surface area contributed by atoms with Crippen LogP contribution in [0, 0.1) is 18.8 Å². The van der Waals surface area contributed by atoms with Gasteiger partial charge in [-0.2, -0.15) is 0 Å². The molecule has 3 aromatic carbocycles. The van der Waals surface area contributed by atoms with E-state index in [1.54, 1.807) is 11.6 Å². The zero-order valence-electron chi connectivity index (χ0n) is 35.3. The normalized spacial score (nSPS) is 18.5. The second-order valence-corrected chi connectivity index (χ2v) is 17.5. The summed E-state index contributed by atoms with van der Waals surface area (Å²) in [5, 5.41) is 6.33. The van der Waals surface area contributed by atoms with E-state index in [2.05, 4.69) is 143 Å². The first kappa shape index (κ1) is 42.6. The molecule has 0 bridgehead atoms. The van der Waals surface area contributed by atoms with Crippen molar-refractivity contribution < 1.29 is 5.32 Å². The van der Waals surface area contributed by atoms with Crippen LogP contribution >= 0.6 is 11.6 Å². The maximum absolute atomic E-state index is 7.22. The summed E-state index contributed by atoms with van der Waals surface area (Å²) in [7, 11) is 0. The summed E-state index contributed by atoms with van der Waals surface area (Å²) in [5.74, 6) is 1.38. The topological polar surface area (TPSA) is 19.9 Å². The molecule has 294 valence electrons. The number of allylic oxidation sites excluding steroid dienone is 10. The van der Waals surface area contributed by atoms with E-state index >= 15 is 0 Å². The monoisotopic (exact) mass is 758 g/mol. The summed E-state index contributed by atoms with van der Waals surface area (Å²) in [4.78, 5) is 2.58. The number of hydrogen-bond acceptors (Lipinski definition) is 1. The lowest BCUT2D eigenvalue weighted by Crippen LogP contribution is -2.79. The second kappa shape index (κ2) is 20.5. The van der Waals surface area contributed by atoms with Crippen molar-refractivity contribution in [3.8, 4) is 0 Å². The van der Waals surface area contributed by atoms with Crippen molar-refractivity contribution in [3.05, 3.63) is 136 Å². The summed E-state index contributed by atoms with van der Waals surface area (Å²) in [6.45, 7) is 21.2. The average Bonchev–Trinajstić information content (AvgIpc) is 3.71. The zero-order chi connectivity index (χ0) is 39.4. The molecule has 2 aliphatic carbocycles. The predicted molar refractivity (Wildman–Crippen MR) is 244 cm³/mol. The average molecular weight is 759 g/mol. The van der Waals surface area contributed by atoms with E-state index in [1.807, 2.05) is 6.92 Å². The van der Waals surface area contributed by atoms with Gasteiger partial charge in [-0.15, -0.1) is 6.58 Å². The van der Waals surface area contributed by atoms with Crippen molar-refractivity contribution in [1.82, 2.24) is 0 Å². The number of anilines is 1. The van der Waals surface area contributed by atoms with Crippen LogP contribution in [0.3, 0.4) is 0 Å². The lowest BCUT2D eigenvalue weighted by Gasteiger charge is -2.38. The molecular weight excluding hydrogens is 688 g/mol. The van der Waals surface area contributed by atoms with Crippen LogP contribution < -0.4 is 10.2 Å². The van der Waals surface area contributed by atoms with E-state index in [0.717, 1.165) is 56.1 Å². The standard InChI is InChI=1S/C49H63ClN2.C3H6/c1-7-8-17-42-37(6)19-26-46-44(42)34-41(52(46)33-28-36(4)5)24-22-40-21-20-39(48(40)50)16-14-31-49(29-12-9-13-30-49)47-43-18-11-10-15-38(43)23-25-45(47)51-32-27-35(2)3;1-3-2/h8,10-11,14-19,22-26,35-36,51H,7,9,12-13,20-21,27-34H2,1-6H3;3H,1H2,2H3/p+1/b16-14+,17-8-,40-22+,41-24+;. The van der Waals surface area contributed by atoms with Crippen molar-refractivity contribution in [2.45, 2.75) is 131 Å². The Hall–Kier alpha value is -3.59. The molecule has 6 rings (SSSR count). The third kappa shape index (κ3) is 10.6. The van der Waals surface area contributed by atoms with E-state index in [1.165, 1.54) is 101 Å². The first-order valence-electron chi connectivity index (χ1n) is 21.6. The molecule has 3 aromatic rings. The van der Waals surface area contributed by atoms with Crippen molar-refractivity contribution in [1.29, 1.82) is 0 Å². The Labute approximate surface area is 340 Å². The van der Waals surface area contributed by atoms with E-state index in [0.29, 0.717) is 5.92 Å². The smallest absolute Gasteiger partial charge is 0.134 e. The number of nitrogens with zero attached hydrogens (tertiary/aromatic N) is 1. The fraction of sp³-hybridized carbons (Fsp3) is 0.462. The molecular formula is C52H70ClN2+. The second-order valence-electron chi connectivity index (χ2n) is 17.1. The number of nitrogens with two attached hydrogens (primary N) is 1. The lowest BCUT2D eigenvalue weighted by atomic mass is 9.65. The van der Waals surface area contributed by atoms with E-state index < -0.39 is 0 Å². The zero-order valence-corrected chi connectivity index (χ0v) is 36.1. The predicted octanol–water partition coefficient (Wildman–Crippen LogP) is 14.4. The summed E-state index contributed by atoms with van der Waals surface area (Å²) in [5.41, 5.74) is 12.8. The fourth-order valence-electron chi connectivity index (χ4n) is 8.95. The van der Waals surface area contributed by atoms with Crippen LogP contribution in [0.4, 0.5) is 11.4 Å². The number of fused-ring (bicyclic) bond motifs is 2. The Morgan fingerprint density at radius 2 is 1.64 bits per heavy atom. The highest BCUT2D eigenvalue weighted by molar-refractivity contribution is 6.33. The molecule has 0 aromatic heterocycles. The molecule has 2 nitrogen and oxygen atoms in total. The molecule has 3 aliphatic rings. The molecule has 1 heterocycles. The number of halogens is 1. The van der Waals surface area contributed by atoms with Crippen LogP contribution in [0.2, 0.25) is 0 Å². The molecule has 0 amide bonds. The van der Waals surface area contributed by atoms with Gasteiger partial charge in [0.1, 0.15) is 5.69 Å². The van der Waals surface area contributed by atoms with Crippen molar-refractivity contribution in [3.63, 3.8) is 0 Å². The summed E-state index contributed by atoms with van der Waals surface area (Å²) in [6, 6.07) is 18.5. The molecule has 55 heavy (non-hydrogen) atoms. The lowest BCUT2D eigenvalue weighted by molar-refractivity contribution is -0.573. The van der Waals surface area contributed by atoms with Gasteiger partial charge in [-0.25, -0.2) is 0 Å². The molecule has 1 aliphatic heterocycles. The van der Waals surface area contributed by atoms with Crippen molar-refractivity contribution in [2.75, 3.05) is 18.0 Å². The SMILES string of the molecule is C=CC.CC/C=C\c1c(C)ccc2c1C/C(=C\C=C1/CCC(/C=C/CC3(c4c([NH2+]CCC(C)C)ccc5ccccc45)CCCCC3)=C1Cl)N2CCC(C)C. The molecule has 3 heteroatoms. The van der Waals surface area contributed by atoms with Gasteiger partial charge in [0.05, 0.1) is 6.54 Å². The quantitative estimate of drug-likeness (QED) is 0.128. The summed E-state index contributed by atoms with van der Waals surface area (Å²) < 4.78 is 0. The fourth-order valence-corrected chi connectivity index (χ4v) is 9.26. The van der Waals surface area contributed by atoms with E-state index in [-0.39, 0.29) is 5.41 Å². The molecule has 2 N–H and O–H groups in total. The van der Waals surface area contributed by atoms with Gasteiger partial charge in [-0.3, -0.25) is 0 Å². The maximum atomic E-state index is 7.22. The first-order chi connectivity index (χ1) is 26.6. The third-order valence-electron chi connectivity index (χ3n) is 11.9. The van der Waals surface area contributed by atoms with Gasteiger partial charge in [-0.05, 0) is 140 Å². The minimum atomic E-state index is 0.161. The van der Waals surface area contributed by atoms with Crippen LogP contribution in [0.1, 0.15) is 134 Å². The van der Waals surface area contributed by atoms with Crippen LogP contribution in [0.15, 0.2) is 113 Å². The highest BCUT2D eigenvalue weighted by atomic mass is 35.5. The molecule has 1 saturated carbocycles. The van der Waals surface area contributed by atoms with Gasteiger partial charge in [-0.1, -0.05) is 132 Å². The molecule has 1 fully saturated rings. The summed E-state index contributed by atoms with van der Waals surface area (Å²) >= 11 is 7.22. The highest BCUT2D eigenvalue weighted by Gasteiger charge is 2.37. The van der Waals surface area contributed by atoms with E-state index in [9.17, 15) is 0 Å². The molecule has 0 spiro atoms. The molecule has 0 unspecified atom stereocenters. The minimum absolute atomic E-state index is 0.161. The van der Waals surface area contributed by atoms with Crippen LogP contribution in [-0.2, 0) is 11.8 Å². The van der Waals surface area contributed by atoms with Gasteiger partial charge in [0, 0.05) is 40.4 Å². The number of aryl methyl sites for hydroxylation is 1. The van der Waals surface area contributed by atoms with Gasteiger partial charge < -0.3 is 10.2 Å². The van der Waals surface area contributed by atoms with Crippen LogP contribution in [-0.4, -0.2) is 13.1 Å². The maximum Gasteiger partial charge on any atom is 0.134 e. The van der Waals surface area contributed by atoms with Gasteiger partial charge in [0.2, 0.25) is 0 Å². The number of hydrogen-bond donors (Lipinski definition) is 1. The number of quaternary nitrogens is 1. The van der Waals surface area contributed by atoms with Crippen molar-refractivity contribution >= 4 is 39.8 Å². The molecule has 0 radical (unpaired) electrons. The summed E-state index contributed by atoms with van der Waals surface area (Å²) in [6.07, 6.45) is 30.0. The Balaban J connectivity index is 0.00000187. The van der Waals surface area contributed by atoms with Gasteiger partial charge >= 0.3 is 0 Å². The van der Waals surface area contributed by atoms with Gasteiger partial charge in [0.15, 0.2) is 0 Å². The number of rotatable bonds is 14. The Morgan fingerprint density at radius 3 is 2.36 bits per heavy atom. The molecule has 0 atom stereocenters. The van der Waals surface area contributed by atoms with Crippen LogP contribution in [0.5, 0.6) is 0 Å². The first-order valence-corrected chi connectivity index (χ1v) is 21.9. The third-order valence-corrected chi connectivity index (χ3v) is 12.4. The molecule has 0 saturated heterocycles.